The van der Waals surface area contributed by atoms with Crippen molar-refractivity contribution in [3.8, 4) is 18.1 Å². The summed E-state index contributed by atoms with van der Waals surface area (Å²) in [5.74, 6) is 3.91. The third-order valence-corrected chi connectivity index (χ3v) is 9.56. The van der Waals surface area contributed by atoms with E-state index >= 15 is 0 Å². The maximum atomic E-state index is 15.0. The molecule has 1 saturated heterocycles. The lowest BCUT2D eigenvalue weighted by Crippen LogP contribution is -2.46. The van der Waals surface area contributed by atoms with Crippen LogP contribution in [0.5, 0.6) is 5.75 Å². The predicted molar refractivity (Wildman–Crippen MR) is 186 cm³/mol. The molecule has 47 heavy (non-hydrogen) atoms. The predicted octanol–water partition coefficient (Wildman–Crippen LogP) is 7.07. The van der Waals surface area contributed by atoms with Gasteiger partial charge in [-0.2, -0.15) is 4.98 Å². The van der Waals surface area contributed by atoms with Crippen LogP contribution in [0, 0.1) is 18.2 Å². The molecule has 0 saturated carbocycles. The zero-order valence-electron chi connectivity index (χ0n) is 27.5. The van der Waals surface area contributed by atoms with Crippen molar-refractivity contribution >= 4 is 39.6 Å². The second-order valence-electron chi connectivity index (χ2n) is 13.4. The van der Waals surface area contributed by atoms with Crippen LogP contribution < -0.4 is 9.64 Å². The SMILES string of the molecule is C#Cc1c(F)ccc2cc(OCOC)cc(Cn3cnc4c(SCc5ccc(C(C)(C)C)cc5)nc(N5CCC[C@](C)(O)C5)nc43)c12. The Morgan fingerprint density at radius 1 is 1.13 bits per heavy atom. The second kappa shape index (κ2) is 13.1. The number of halogens is 1. The average molecular weight is 654 g/mol. The second-order valence-corrected chi connectivity index (χ2v) is 14.4. The Kier molecular flexibility index (Phi) is 9.16. The highest BCUT2D eigenvalue weighted by Crippen LogP contribution is 2.34. The van der Waals surface area contributed by atoms with E-state index in [9.17, 15) is 9.50 Å². The fourth-order valence-corrected chi connectivity index (χ4v) is 6.99. The number of β-amino-alcohol motifs (C(OH)–C–C–N with tert-alkyl or cyclic N) is 1. The lowest BCUT2D eigenvalue weighted by molar-refractivity contribution is 0.0444. The van der Waals surface area contributed by atoms with Gasteiger partial charge in [-0.05, 0) is 65.5 Å². The van der Waals surface area contributed by atoms with E-state index in [-0.39, 0.29) is 17.8 Å². The van der Waals surface area contributed by atoms with Crippen LogP contribution in [0.1, 0.15) is 62.8 Å². The molecule has 0 spiro atoms. The van der Waals surface area contributed by atoms with Gasteiger partial charge in [-0.15, -0.1) is 6.42 Å². The van der Waals surface area contributed by atoms with E-state index in [2.05, 4.69) is 51.0 Å². The molecule has 6 rings (SSSR count). The third kappa shape index (κ3) is 7.08. The van der Waals surface area contributed by atoms with E-state index in [1.165, 1.54) is 17.2 Å². The normalized spacial score (nSPS) is 16.9. The number of aromatic nitrogens is 4. The Morgan fingerprint density at radius 2 is 1.91 bits per heavy atom. The summed E-state index contributed by atoms with van der Waals surface area (Å²) in [6.07, 6.45) is 9.10. The molecule has 3 aromatic carbocycles. The average Bonchev–Trinajstić information content (AvgIpc) is 3.44. The molecule has 0 bridgehead atoms. The summed E-state index contributed by atoms with van der Waals surface area (Å²) in [5, 5.41) is 13.0. The van der Waals surface area contributed by atoms with E-state index in [1.54, 1.807) is 31.3 Å². The molecule has 1 aliphatic rings. The van der Waals surface area contributed by atoms with Crippen LogP contribution in [-0.4, -0.2) is 57.2 Å². The van der Waals surface area contributed by atoms with Crippen LogP contribution in [0.2, 0.25) is 0 Å². The van der Waals surface area contributed by atoms with Gasteiger partial charge in [-0.1, -0.05) is 68.8 Å². The van der Waals surface area contributed by atoms with Crippen molar-refractivity contribution < 1.29 is 19.0 Å². The summed E-state index contributed by atoms with van der Waals surface area (Å²) in [4.78, 5) is 16.8. The van der Waals surface area contributed by atoms with Crippen LogP contribution in [-0.2, 0) is 22.4 Å². The number of anilines is 1. The zero-order chi connectivity index (χ0) is 33.3. The maximum absolute atomic E-state index is 15.0. The number of benzene rings is 3. The van der Waals surface area contributed by atoms with Crippen molar-refractivity contribution in [2.24, 2.45) is 0 Å². The van der Waals surface area contributed by atoms with Crippen molar-refractivity contribution in [1.29, 1.82) is 0 Å². The van der Waals surface area contributed by atoms with Crippen molar-refractivity contribution in [3.63, 3.8) is 0 Å². The summed E-state index contributed by atoms with van der Waals surface area (Å²) in [7, 11) is 1.56. The number of methoxy groups -OCH3 is 1. The van der Waals surface area contributed by atoms with Crippen LogP contribution in [0.3, 0.4) is 0 Å². The molecule has 8 nitrogen and oxygen atoms in total. The maximum Gasteiger partial charge on any atom is 0.228 e. The monoisotopic (exact) mass is 653 g/mol. The number of fused-ring (bicyclic) bond motifs is 2. The summed E-state index contributed by atoms with van der Waals surface area (Å²) < 4.78 is 27.8. The zero-order valence-corrected chi connectivity index (χ0v) is 28.3. The van der Waals surface area contributed by atoms with Gasteiger partial charge in [-0.3, -0.25) is 0 Å². The number of imidazole rings is 1. The molecule has 0 radical (unpaired) electrons. The molecule has 1 N–H and O–H groups in total. The largest absolute Gasteiger partial charge is 0.468 e. The van der Waals surface area contributed by atoms with Crippen LogP contribution in [0.25, 0.3) is 21.9 Å². The van der Waals surface area contributed by atoms with Crippen LogP contribution >= 0.6 is 11.8 Å². The summed E-state index contributed by atoms with van der Waals surface area (Å²) >= 11 is 1.61. The minimum Gasteiger partial charge on any atom is -0.468 e. The van der Waals surface area contributed by atoms with Crippen molar-refractivity contribution in [2.45, 2.75) is 68.9 Å². The van der Waals surface area contributed by atoms with E-state index in [4.69, 9.17) is 30.8 Å². The molecule has 0 amide bonds. The minimum absolute atomic E-state index is 0.0673. The Labute approximate surface area is 279 Å². The molecule has 10 heteroatoms. The molecule has 5 aromatic rings. The molecule has 0 aliphatic carbocycles. The Balaban J connectivity index is 1.42. The fourth-order valence-electron chi connectivity index (χ4n) is 6.07. The number of ether oxygens (including phenoxy) is 2. The lowest BCUT2D eigenvalue weighted by atomic mass is 9.87. The highest BCUT2D eigenvalue weighted by Gasteiger charge is 2.31. The van der Waals surface area contributed by atoms with Gasteiger partial charge in [0.25, 0.3) is 0 Å². The number of piperidine rings is 1. The fraction of sp³-hybridized carbons (Fsp3) is 0.378. The number of hydrogen-bond donors (Lipinski definition) is 1. The molecule has 1 fully saturated rings. The smallest absolute Gasteiger partial charge is 0.228 e. The summed E-state index contributed by atoms with van der Waals surface area (Å²) in [6, 6.07) is 15.5. The van der Waals surface area contributed by atoms with Gasteiger partial charge in [0.1, 0.15) is 22.1 Å². The molecular weight excluding hydrogens is 614 g/mol. The Morgan fingerprint density at radius 3 is 2.62 bits per heavy atom. The number of hydrogen-bond acceptors (Lipinski definition) is 8. The number of rotatable bonds is 9. The van der Waals surface area contributed by atoms with Gasteiger partial charge in [0.15, 0.2) is 12.4 Å². The quantitative estimate of drug-likeness (QED) is 0.0783. The lowest BCUT2D eigenvalue weighted by Gasteiger charge is -2.36. The van der Waals surface area contributed by atoms with E-state index in [0.717, 1.165) is 35.4 Å². The van der Waals surface area contributed by atoms with Crippen LogP contribution in [0.4, 0.5) is 10.3 Å². The van der Waals surface area contributed by atoms with Gasteiger partial charge >= 0.3 is 0 Å². The van der Waals surface area contributed by atoms with Gasteiger partial charge in [-0.25, -0.2) is 14.4 Å². The number of terminal acetylenes is 1. The number of nitrogens with zero attached hydrogens (tertiary/aromatic N) is 5. The third-order valence-electron chi connectivity index (χ3n) is 8.52. The van der Waals surface area contributed by atoms with Gasteiger partial charge in [0.2, 0.25) is 5.95 Å². The molecule has 3 heterocycles. The van der Waals surface area contributed by atoms with Gasteiger partial charge in [0, 0.05) is 31.3 Å². The van der Waals surface area contributed by atoms with Gasteiger partial charge < -0.3 is 24.0 Å². The van der Waals surface area contributed by atoms with E-state index < -0.39 is 11.4 Å². The summed E-state index contributed by atoms with van der Waals surface area (Å²) in [6.45, 7) is 10.0. The van der Waals surface area contributed by atoms with Crippen molar-refractivity contribution in [3.05, 3.63) is 82.9 Å². The molecule has 0 unspecified atom stereocenters. The molecule has 1 aliphatic heterocycles. The Bertz CT molecular complexity index is 1960. The number of thioether (sulfide) groups is 1. The van der Waals surface area contributed by atoms with Crippen molar-refractivity contribution in [1.82, 2.24) is 19.5 Å². The van der Waals surface area contributed by atoms with Crippen LogP contribution in [0.15, 0.2) is 59.9 Å². The first kappa shape index (κ1) is 32.8. The standard InChI is InChI=1S/C37H40FN5O3S/c1-7-29-30(38)14-11-25-17-28(46-23-45-6)18-26(31(25)29)19-43-22-39-32-33(43)40-35(42-16-8-15-37(5,44)21-42)41-34(32)47-20-24-9-12-27(13-10-24)36(2,3)4/h1,9-14,17-18,22,44H,8,15-16,19-21,23H2,2-6H3/t37-/m0/s1. The highest BCUT2D eigenvalue weighted by atomic mass is 32.2. The molecule has 244 valence electrons. The molecule has 2 aromatic heterocycles. The molecular formula is C37H40FN5O3S. The molecule has 1 atom stereocenters. The first-order chi connectivity index (χ1) is 22.5. The highest BCUT2D eigenvalue weighted by molar-refractivity contribution is 7.98. The summed E-state index contributed by atoms with van der Waals surface area (Å²) in [5.41, 5.74) is 3.97. The van der Waals surface area contributed by atoms with E-state index in [1.807, 2.05) is 28.5 Å². The number of aliphatic hydroxyl groups is 1. The Hall–Kier alpha value is -4.17. The first-order valence-corrected chi connectivity index (χ1v) is 16.7. The first-order valence-electron chi connectivity index (χ1n) is 15.7. The van der Waals surface area contributed by atoms with Gasteiger partial charge in [0.05, 0.1) is 24.0 Å². The minimum atomic E-state index is -0.837. The topological polar surface area (TPSA) is 85.5 Å². The van der Waals surface area contributed by atoms with E-state index in [0.29, 0.717) is 47.1 Å². The van der Waals surface area contributed by atoms with Crippen molar-refractivity contribution in [2.75, 3.05) is 31.9 Å².